The minimum absolute atomic E-state index is 0.209. The third-order valence-electron chi connectivity index (χ3n) is 3.87. The molecule has 0 amide bonds. The lowest BCUT2D eigenvalue weighted by Gasteiger charge is -2.22. The largest absolute Gasteiger partial charge is 0.396 e. The number of fused-ring (bicyclic) bond motifs is 1. The molecular formula is C15H19BrN2O2. The lowest BCUT2D eigenvalue weighted by atomic mass is 9.99. The Bertz CT molecular complexity index is 591. The van der Waals surface area contributed by atoms with E-state index in [-0.39, 0.29) is 6.61 Å². The summed E-state index contributed by atoms with van der Waals surface area (Å²) in [4.78, 5) is 4.84. The van der Waals surface area contributed by atoms with Crippen LogP contribution in [0.4, 0.5) is 0 Å². The standard InChI is InChI=1S/C15H19BrN2O2/c16-12-2-3-13-14(10-12)18(6-1-7-19)15(17-13)11-4-8-20-9-5-11/h2-3,10-11,19H,1,4-9H2. The van der Waals surface area contributed by atoms with E-state index in [1.54, 1.807) is 0 Å². The zero-order valence-corrected chi connectivity index (χ0v) is 13.0. The van der Waals surface area contributed by atoms with E-state index in [9.17, 15) is 0 Å². The molecule has 1 aromatic heterocycles. The zero-order chi connectivity index (χ0) is 13.9. The molecule has 0 spiro atoms. The van der Waals surface area contributed by atoms with Crippen molar-refractivity contribution in [2.24, 2.45) is 0 Å². The van der Waals surface area contributed by atoms with Crippen molar-refractivity contribution in [3.8, 4) is 0 Å². The quantitative estimate of drug-likeness (QED) is 0.931. The molecule has 0 aliphatic carbocycles. The average Bonchev–Trinajstić information content (AvgIpc) is 2.84. The second-order valence-electron chi connectivity index (χ2n) is 5.22. The first-order chi connectivity index (χ1) is 9.79. The highest BCUT2D eigenvalue weighted by Gasteiger charge is 2.22. The maximum absolute atomic E-state index is 9.13. The normalized spacial score (nSPS) is 16.9. The van der Waals surface area contributed by atoms with Crippen LogP contribution < -0.4 is 0 Å². The molecule has 0 radical (unpaired) electrons. The molecule has 4 nitrogen and oxygen atoms in total. The van der Waals surface area contributed by atoms with E-state index in [0.717, 1.165) is 60.4 Å². The van der Waals surface area contributed by atoms with E-state index < -0.39 is 0 Å². The Labute approximate surface area is 126 Å². The first kappa shape index (κ1) is 14.0. The molecule has 0 saturated carbocycles. The van der Waals surface area contributed by atoms with Gasteiger partial charge in [-0.2, -0.15) is 0 Å². The lowest BCUT2D eigenvalue weighted by Crippen LogP contribution is -2.18. The summed E-state index contributed by atoms with van der Waals surface area (Å²) in [7, 11) is 0. The Balaban J connectivity index is 2.04. The van der Waals surface area contributed by atoms with Gasteiger partial charge in [0.05, 0.1) is 11.0 Å². The van der Waals surface area contributed by atoms with E-state index in [1.165, 1.54) is 0 Å². The minimum atomic E-state index is 0.209. The molecule has 1 aromatic carbocycles. The van der Waals surface area contributed by atoms with Gasteiger partial charge in [0, 0.05) is 36.8 Å². The maximum Gasteiger partial charge on any atom is 0.113 e. The third kappa shape index (κ3) is 2.75. The number of nitrogens with zero attached hydrogens (tertiary/aromatic N) is 2. The van der Waals surface area contributed by atoms with Crippen LogP contribution in [0, 0.1) is 0 Å². The van der Waals surface area contributed by atoms with Gasteiger partial charge in [-0.1, -0.05) is 15.9 Å². The smallest absolute Gasteiger partial charge is 0.113 e. The number of aromatic nitrogens is 2. The number of hydrogen-bond donors (Lipinski definition) is 1. The fraction of sp³-hybridized carbons (Fsp3) is 0.533. The number of aryl methyl sites for hydroxylation is 1. The SMILES string of the molecule is OCCCn1c(C2CCOCC2)nc2ccc(Br)cc21. The number of ether oxygens (including phenoxy) is 1. The number of hydrogen-bond acceptors (Lipinski definition) is 3. The van der Waals surface area contributed by atoms with E-state index in [2.05, 4.69) is 32.6 Å². The second kappa shape index (κ2) is 6.24. The van der Waals surface area contributed by atoms with Gasteiger partial charge in [0.1, 0.15) is 5.82 Å². The summed E-state index contributed by atoms with van der Waals surface area (Å²) in [6, 6.07) is 6.19. The van der Waals surface area contributed by atoms with Crippen molar-refractivity contribution in [1.82, 2.24) is 9.55 Å². The molecule has 0 bridgehead atoms. The molecule has 1 saturated heterocycles. The number of rotatable bonds is 4. The summed E-state index contributed by atoms with van der Waals surface area (Å²) in [5.74, 6) is 1.61. The Kier molecular flexibility index (Phi) is 4.38. The van der Waals surface area contributed by atoms with Crippen LogP contribution in [0.3, 0.4) is 0 Å². The Morgan fingerprint density at radius 2 is 2.15 bits per heavy atom. The molecule has 1 N–H and O–H groups in total. The second-order valence-corrected chi connectivity index (χ2v) is 6.13. The predicted molar refractivity (Wildman–Crippen MR) is 81.9 cm³/mol. The minimum Gasteiger partial charge on any atom is -0.396 e. The summed E-state index contributed by atoms with van der Waals surface area (Å²) >= 11 is 3.53. The van der Waals surface area contributed by atoms with Gasteiger partial charge in [-0.05, 0) is 37.5 Å². The van der Waals surface area contributed by atoms with Crippen LogP contribution in [-0.4, -0.2) is 34.5 Å². The van der Waals surface area contributed by atoms with Crippen LogP contribution >= 0.6 is 15.9 Å². The predicted octanol–water partition coefficient (Wildman–Crippen LogP) is 3.08. The van der Waals surface area contributed by atoms with Gasteiger partial charge in [-0.15, -0.1) is 0 Å². The monoisotopic (exact) mass is 338 g/mol. The number of halogens is 1. The fourth-order valence-electron chi connectivity index (χ4n) is 2.85. The molecule has 1 aliphatic heterocycles. The summed E-state index contributed by atoms with van der Waals surface area (Å²) in [5, 5.41) is 9.13. The Morgan fingerprint density at radius 3 is 2.90 bits per heavy atom. The first-order valence-corrected chi connectivity index (χ1v) is 7.93. The van der Waals surface area contributed by atoms with E-state index >= 15 is 0 Å². The van der Waals surface area contributed by atoms with Crippen molar-refractivity contribution in [3.63, 3.8) is 0 Å². The van der Waals surface area contributed by atoms with Crippen LogP contribution in [-0.2, 0) is 11.3 Å². The highest BCUT2D eigenvalue weighted by Crippen LogP contribution is 2.30. The molecule has 20 heavy (non-hydrogen) atoms. The van der Waals surface area contributed by atoms with Crippen molar-refractivity contribution < 1.29 is 9.84 Å². The van der Waals surface area contributed by atoms with Gasteiger partial charge in [0.2, 0.25) is 0 Å². The van der Waals surface area contributed by atoms with Crippen molar-refractivity contribution in [1.29, 1.82) is 0 Å². The lowest BCUT2D eigenvalue weighted by molar-refractivity contribution is 0.0828. The van der Waals surface area contributed by atoms with Crippen LogP contribution in [0.25, 0.3) is 11.0 Å². The average molecular weight is 339 g/mol. The van der Waals surface area contributed by atoms with Crippen molar-refractivity contribution in [2.45, 2.75) is 31.7 Å². The van der Waals surface area contributed by atoms with E-state index in [4.69, 9.17) is 14.8 Å². The van der Waals surface area contributed by atoms with Gasteiger partial charge in [-0.3, -0.25) is 0 Å². The van der Waals surface area contributed by atoms with E-state index in [0.29, 0.717) is 5.92 Å². The Morgan fingerprint density at radius 1 is 1.35 bits per heavy atom. The molecule has 0 unspecified atom stereocenters. The number of aliphatic hydroxyl groups is 1. The van der Waals surface area contributed by atoms with Crippen LogP contribution in [0.2, 0.25) is 0 Å². The molecule has 1 aliphatic rings. The number of imidazole rings is 1. The van der Waals surface area contributed by atoms with Crippen molar-refractivity contribution in [3.05, 3.63) is 28.5 Å². The topological polar surface area (TPSA) is 47.3 Å². The first-order valence-electron chi connectivity index (χ1n) is 7.14. The molecule has 5 heteroatoms. The molecule has 2 heterocycles. The maximum atomic E-state index is 9.13. The van der Waals surface area contributed by atoms with Crippen LogP contribution in [0.5, 0.6) is 0 Å². The van der Waals surface area contributed by atoms with Gasteiger partial charge in [0.15, 0.2) is 0 Å². The van der Waals surface area contributed by atoms with E-state index in [1.807, 2.05) is 6.07 Å². The van der Waals surface area contributed by atoms with Gasteiger partial charge in [0.25, 0.3) is 0 Å². The molecule has 108 valence electrons. The van der Waals surface area contributed by atoms with Gasteiger partial charge in [-0.25, -0.2) is 4.98 Å². The Hall–Kier alpha value is -0.910. The molecular weight excluding hydrogens is 320 g/mol. The summed E-state index contributed by atoms with van der Waals surface area (Å²) in [6.07, 6.45) is 2.82. The van der Waals surface area contributed by atoms with Crippen molar-refractivity contribution >= 4 is 27.0 Å². The zero-order valence-electron chi connectivity index (χ0n) is 11.4. The molecule has 1 fully saturated rings. The summed E-state index contributed by atoms with van der Waals surface area (Å²) < 4.78 is 8.78. The number of benzene rings is 1. The molecule has 0 atom stereocenters. The van der Waals surface area contributed by atoms with Crippen LogP contribution in [0.1, 0.15) is 31.0 Å². The highest BCUT2D eigenvalue weighted by molar-refractivity contribution is 9.10. The van der Waals surface area contributed by atoms with Gasteiger partial charge >= 0.3 is 0 Å². The number of aliphatic hydroxyl groups excluding tert-OH is 1. The highest BCUT2D eigenvalue weighted by atomic mass is 79.9. The molecule has 2 aromatic rings. The molecule has 3 rings (SSSR count). The third-order valence-corrected chi connectivity index (χ3v) is 4.36. The van der Waals surface area contributed by atoms with Crippen molar-refractivity contribution in [2.75, 3.05) is 19.8 Å². The summed E-state index contributed by atoms with van der Waals surface area (Å²) in [6.45, 7) is 2.66. The summed E-state index contributed by atoms with van der Waals surface area (Å²) in [5.41, 5.74) is 2.18. The van der Waals surface area contributed by atoms with Crippen LogP contribution in [0.15, 0.2) is 22.7 Å². The fourth-order valence-corrected chi connectivity index (χ4v) is 3.19. The van der Waals surface area contributed by atoms with Gasteiger partial charge < -0.3 is 14.4 Å².